The van der Waals surface area contributed by atoms with Crippen molar-refractivity contribution in [1.29, 1.82) is 0 Å². The van der Waals surface area contributed by atoms with E-state index in [9.17, 15) is 4.79 Å². The van der Waals surface area contributed by atoms with E-state index >= 15 is 0 Å². The van der Waals surface area contributed by atoms with Crippen LogP contribution in [0.2, 0.25) is 0 Å². The minimum Gasteiger partial charge on any atom is -0.465 e. The normalized spacial score (nSPS) is 27.9. The molecule has 3 aromatic rings. The van der Waals surface area contributed by atoms with Crippen LogP contribution < -0.4 is 0 Å². The van der Waals surface area contributed by atoms with Gasteiger partial charge in [-0.2, -0.15) is 0 Å². The molecule has 1 aromatic heterocycles. The number of carbonyl (C=O) groups is 1. The average molecular weight is 441 g/mol. The number of hydrogen-bond acceptors (Lipinski definition) is 3. The van der Waals surface area contributed by atoms with E-state index < -0.39 is 0 Å². The van der Waals surface area contributed by atoms with Gasteiger partial charge in [0.25, 0.3) is 0 Å². The van der Waals surface area contributed by atoms with Crippen molar-refractivity contribution in [2.75, 3.05) is 0 Å². The second kappa shape index (κ2) is 8.37. The van der Waals surface area contributed by atoms with Crippen LogP contribution in [-0.2, 0) is 9.53 Å². The molecule has 0 saturated heterocycles. The van der Waals surface area contributed by atoms with Gasteiger partial charge in [-0.15, -0.1) is 0 Å². The maximum Gasteiger partial charge on any atom is 0.331 e. The molecule has 5 rings (SSSR count). The first-order chi connectivity index (χ1) is 15.9. The summed E-state index contributed by atoms with van der Waals surface area (Å²) in [6.07, 6.45) is 6.87. The van der Waals surface area contributed by atoms with Crippen LogP contribution in [0.3, 0.4) is 0 Å². The zero-order chi connectivity index (χ0) is 23.1. The molecule has 0 spiro atoms. The highest BCUT2D eigenvalue weighted by atomic mass is 16.5. The van der Waals surface area contributed by atoms with Crippen LogP contribution >= 0.6 is 0 Å². The van der Waals surface area contributed by atoms with Crippen LogP contribution in [0.1, 0.15) is 56.4 Å². The first-order valence-electron chi connectivity index (χ1n) is 11.9. The van der Waals surface area contributed by atoms with Crippen LogP contribution in [0.4, 0.5) is 0 Å². The molecular weight excluding hydrogens is 408 g/mol. The Labute approximate surface area is 196 Å². The van der Waals surface area contributed by atoms with Gasteiger partial charge in [-0.3, -0.25) is 0 Å². The summed E-state index contributed by atoms with van der Waals surface area (Å²) >= 11 is 0. The van der Waals surface area contributed by atoms with E-state index in [0.29, 0.717) is 11.7 Å². The third-order valence-electron chi connectivity index (χ3n) is 8.69. The Bertz CT molecular complexity index is 1070. The van der Waals surface area contributed by atoms with E-state index in [1.54, 1.807) is 12.3 Å². The highest BCUT2D eigenvalue weighted by Crippen LogP contribution is 2.71. The molecule has 2 bridgehead atoms. The lowest BCUT2D eigenvalue weighted by atomic mass is 9.68. The van der Waals surface area contributed by atoms with Gasteiger partial charge < -0.3 is 9.15 Å². The highest BCUT2D eigenvalue weighted by Gasteiger charge is 2.69. The average Bonchev–Trinajstić information content (AvgIpc) is 3.46. The molecule has 2 aliphatic carbocycles. The summed E-state index contributed by atoms with van der Waals surface area (Å²) in [5.74, 6) is 1.20. The van der Waals surface area contributed by atoms with Crippen LogP contribution in [0.15, 0.2) is 89.6 Å². The third-order valence-corrected chi connectivity index (χ3v) is 8.69. The third kappa shape index (κ3) is 3.64. The largest absolute Gasteiger partial charge is 0.465 e. The molecule has 33 heavy (non-hydrogen) atoms. The van der Waals surface area contributed by atoms with Gasteiger partial charge in [0.15, 0.2) is 0 Å². The van der Waals surface area contributed by atoms with Crippen LogP contribution in [0.25, 0.3) is 6.08 Å². The van der Waals surface area contributed by atoms with Gasteiger partial charge in [0.2, 0.25) is 0 Å². The Balaban J connectivity index is 1.55. The monoisotopic (exact) mass is 440 g/mol. The second-order valence-corrected chi connectivity index (χ2v) is 10.4. The SMILES string of the molecule is CC1(C)[C@@H]2CC[C@@]1(C)[C@H](OC(=O)/C=C/c1ccco1)[C@@H]2C(c1ccccc1)c1ccccc1. The number of ether oxygens (including phenoxy) is 1. The summed E-state index contributed by atoms with van der Waals surface area (Å²) in [5, 5.41) is 0. The topological polar surface area (TPSA) is 39.4 Å². The summed E-state index contributed by atoms with van der Waals surface area (Å²) in [4.78, 5) is 13.0. The van der Waals surface area contributed by atoms with Crippen molar-refractivity contribution in [3.05, 3.63) is 102 Å². The predicted molar refractivity (Wildman–Crippen MR) is 130 cm³/mol. The molecule has 0 amide bonds. The van der Waals surface area contributed by atoms with Crippen LogP contribution in [-0.4, -0.2) is 12.1 Å². The Kier molecular flexibility index (Phi) is 5.52. The van der Waals surface area contributed by atoms with E-state index in [2.05, 4.69) is 81.4 Å². The Morgan fingerprint density at radius 3 is 2.18 bits per heavy atom. The molecule has 2 aromatic carbocycles. The molecule has 0 radical (unpaired) electrons. The lowest BCUT2D eigenvalue weighted by Gasteiger charge is -2.41. The molecule has 3 nitrogen and oxygen atoms in total. The number of fused-ring (bicyclic) bond motifs is 2. The molecule has 1 heterocycles. The van der Waals surface area contributed by atoms with Crippen molar-refractivity contribution < 1.29 is 13.9 Å². The van der Waals surface area contributed by atoms with E-state index in [1.165, 1.54) is 23.6 Å². The van der Waals surface area contributed by atoms with Gasteiger partial charge >= 0.3 is 5.97 Å². The minimum atomic E-state index is -0.300. The predicted octanol–water partition coefficient (Wildman–Crippen LogP) is 7.11. The van der Waals surface area contributed by atoms with Gasteiger partial charge in [0.05, 0.1) is 6.26 Å². The van der Waals surface area contributed by atoms with Crippen LogP contribution in [0, 0.1) is 22.7 Å². The molecule has 3 heteroatoms. The summed E-state index contributed by atoms with van der Waals surface area (Å²) in [6.45, 7) is 7.07. The maximum atomic E-state index is 13.0. The minimum absolute atomic E-state index is 0.0711. The summed E-state index contributed by atoms with van der Waals surface area (Å²) in [5.41, 5.74) is 2.58. The van der Waals surface area contributed by atoms with Gasteiger partial charge in [-0.1, -0.05) is 81.4 Å². The van der Waals surface area contributed by atoms with E-state index in [4.69, 9.17) is 9.15 Å². The second-order valence-electron chi connectivity index (χ2n) is 10.4. The Hall–Kier alpha value is -3.07. The molecule has 170 valence electrons. The van der Waals surface area contributed by atoms with Crippen molar-refractivity contribution in [2.45, 2.75) is 45.6 Å². The van der Waals surface area contributed by atoms with E-state index in [-0.39, 0.29) is 34.7 Å². The van der Waals surface area contributed by atoms with Crippen LogP contribution in [0.5, 0.6) is 0 Å². The first kappa shape index (κ1) is 21.8. The van der Waals surface area contributed by atoms with Crippen molar-refractivity contribution in [2.24, 2.45) is 22.7 Å². The standard InChI is InChI=1S/C30H32O3/c1-29(2)24-18-19-30(29,3)28(33-25(31)17-16-23-15-10-20-32-23)27(24)26(21-11-6-4-7-12-21)22-13-8-5-9-14-22/h4-17,20,24,26-28H,18-19H2,1-3H3/b17-16+/t24-,27+,28-,30+/m1/s1. The molecule has 0 aliphatic heterocycles. The molecule has 2 saturated carbocycles. The smallest absolute Gasteiger partial charge is 0.331 e. The number of esters is 1. The summed E-state index contributed by atoms with van der Waals surface area (Å²) in [7, 11) is 0. The fraction of sp³-hybridized carbons (Fsp3) is 0.367. The lowest BCUT2D eigenvalue weighted by Crippen LogP contribution is -2.42. The number of benzene rings is 2. The van der Waals surface area contributed by atoms with E-state index in [0.717, 1.165) is 6.42 Å². The fourth-order valence-electron chi connectivity index (χ4n) is 6.65. The summed E-state index contributed by atoms with van der Waals surface area (Å²) in [6, 6.07) is 25.1. The quantitative estimate of drug-likeness (QED) is 0.303. The summed E-state index contributed by atoms with van der Waals surface area (Å²) < 4.78 is 11.7. The van der Waals surface area contributed by atoms with E-state index in [1.807, 2.05) is 12.1 Å². The Morgan fingerprint density at radius 2 is 1.61 bits per heavy atom. The fourth-order valence-corrected chi connectivity index (χ4v) is 6.65. The molecule has 2 fully saturated rings. The zero-order valence-electron chi connectivity index (χ0n) is 19.6. The number of hydrogen-bond donors (Lipinski definition) is 0. The van der Waals surface area contributed by atoms with Crippen molar-refractivity contribution in [3.63, 3.8) is 0 Å². The number of furan rings is 1. The molecular formula is C30H32O3. The number of carbonyl (C=O) groups excluding carboxylic acids is 1. The lowest BCUT2D eigenvalue weighted by molar-refractivity contribution is -0.154. The molecule has 0 N–H and O–H groups in total. The van der Waals surface area contributed by atoms with Gasteiger partial charge in [0.1, 0.15) is 11.9 Å². The van der Waals surface area contributed by atoms with Gasteiger partial charge in [-0.25, -0.2) is 4.79 Å². The van der Waals surface area contributed by atoms with Crippen molar-refractivity contribution in [1.82, 2.24) is 0 Å². The number of rotatable bonds is 6. The molecule has 2 aliphatic rings. The highest BCUT2D eigenvalue weighted by molar-refractivity contribution is 5.86. The van der Waals surface area contributed by atoms with Gasteiger partial charge in [0, 0.05) is 23.3 Å². The molecule has 0 unspecified atom stereocenters. The van der Waals surface area contributed by atoms with Crippen molar-refractivity contribution in [3.8, 4) is 0 Å². The maximum absolute atomic E-state index is 13.0. The Morgan fingerprint density at radius 1 is 0.970 bits per heavy atom. The van der Waals surface area contributed by atoms with Crippen molar-refractivity contribution >= 4 is 12.0 Å². The van der Waals surface area contributed by atoms with Gasteiger partial charge in [-0.05, 0) is 53.5 Å². The molecule has 4 atom stereocenters. The first-order valence-corrected chi connectivity index (χ1v) is 11.9. The zero-order valence-corrected chi connectivity index (χ0v) is 19.6.